The first-order chi connectivity index (χ1) is 12.6. The molecule has 2 aromatic heterocycles. The van der Waals surface area contributed by atoms with Crippen LogP contribution >= 0.6 is 0 Å². The molecule has 0 radical (unpaired) electrons. The first-order valence-electron chi connectivity index (χ1n) is 8.95. The Bertz CT molecular complexity index is 757. The minimum atomic E-state index is -0.263. The van der Waals surface area contributed by atoms with Crippen LogP contribution in [0.15, 0.2) is 18.3 Å². The number of nitrogens with two attached hydrogens (primary N) is 1. The van der Waals surface area contributed by atoms with Gasteiger partial charge >= 0.3 is 0 Å². The van der Waals surface area contributed by atoms with E-state index in [9.17, 15) is 5.11 Å². The van der Waals surface area contributed by atoms with Gasteiger partial charge in [0, 0.05) is 57.2 Å². The van der Waals surface area contributed by atoms with Gasteiger partial charge in [0.15, 0.2) is 0 Å². The summed E-state index contributed by atoms with van der Waals surface area (Å²) in [6, 6.07) is 3.87. The Morgan fingerprint density at radius 3 is 2.46 bits per heavy atom. The fraction of sp³-hybridized carbons (Fsp3) is 0.529. The molecule has 2 aliphatic rings. The zero-order valence-electron chi connectivity index (χ0n) is 14.9. The molecule has 0 amide bonds. The second-order valence-corrected chi connectivity index (χ2v) is 6.80. The molecular formula is C17H24N8O. The van der Waals surface area contributed by atoms with E-state index in [1.807, 2.05) is 19.1 Å². The number of aliphatic hydroxyl groups excluding tert-OH is 1. The SMILES string of the molecule is Cc1cc(N2CCN(c3nccc(N4CC[C@@H](O)C4)n3)CC2)nc(N)n1. The number of aliphatic hydroxyl groups is 1. The molecule has 0 aromatic carbocycles. The molecule has 138 valence electrons. The first-order valence-corrected chi connectivity index (χ1v) is 8.95. The summed E-state index contributed by atoms with van der Waals surface area (Å²) >= 11 is 0. The van der Waals surface area contributed by atoms with Crippen LogP contribution < -0.4 is 20.4 Å². The quantitative estimate of drug-likeness (QED) is 0.789. The van der Waals surface area contributed by atoms with E-state index in [0.29, 0.717) is 12.5 Å². The summed E-state index contributed by atoms with van der Waals surface area (Å²) in [7, 11) is 0. The highest BCUT2D eigenvalue weighted by molar-refractivity contribution is 5.48. The van der Waals surface area contributed by atoms with Crippen molar-refractivity contribution >= 4 is 23.5 Å². The molecule has 2 fully saturated rings. The van der Waals surface area contributed by atoms with Gasteiger partial charge in [0.1, 0.15) is 11.6 Å². The zero-order valence-corrected chi connectivity index (χ0v) is 14.9. The number of aryl methyl sites for hydroxylation is 1. The number of anilines is 4. The Hall–Kier alpha value is -2.68. The Labute approximate surface area is 152 Å². The van der Waals surface area contributed by atoms with Crippen LogP contribution in [0, 0.1) is 6.92 Å². The zero-order chi connectivity index (χ0) is 18.1. The molecule has 0 bridgehead atoms. The lowest BCUT2D eigenvalue weighted by atomic mass is 10.3. The van der Waals surface area contributed by atoms with E-state index in [1.165, 1.54) is 0 Å². The second kappa shape index (κ2) is 6.91. The predicted octanol–water partition coefficient (Wildman–Crippen LogP) is 0.0548. The van der Waals surface area contributed by atoms with Gasteiger partial charge in [0.05, 0.1) is 6.10 Å². The molecule has 0 unspecified atom stereocenters. The highest BCUT2D eigenvalue weighted by Gasteiger charge is 2.24. The van der Waals surface area contributed by atoms with Crippen molar-refractivity contribution in [3.05, 3.63) is 24.0 Å². The molecule has 0 saturated carbocycles. The van der Waals surface area contributed by atoms with E-state index in [-0.39, 0.29) is 6.10 Å². The van der Waals surface area contributed by atoms with Crippen molar-refractivity contribution in [2.24, 2.45) is 0 Å². The summed E-state index contributed by atoms with van der Waals surface area (Å²) < 4.78 is 0. The molecular weight excluding hydrogens is 332 g/mol. The summed E-state index contributed by atoms with van der Waals surface area (Å²) in [5.41, 5.74) is 6.64. The van der Waals surface area contributed by atoms with E-state index >= 15 is 0 Å². The number of hydrogen-bond donors (Lipinski definition) is 2. The molecule has 9 heteroatoms. The minimum Gasteiger partial charge on any atom is -0.391 e. The molecule has 4 rings (SSSR count). The summed E-state index contributed by atoms with van der Waals surface area (Å²) in [4.78, 5) is 24.1. The highest BCUT2D eigenvalue weighted by atomic mass is 16.3. The molecule has 9 nitrogen and oxygen atoms in total. The Morgan fingerprint density at radius 2 is 1.77 bits per heavy atom. The van der Waals surface area contributed by atoms with Crippen molar-refractivity contribution in [1.29, 1.82) is 0 Å². The van der Waals surface area contributed by atoms with Crippen LogP contribution in [0.5, 0.6) is 0 Å². The summed E-state index contributed by atoms with van der Waals surface area (Å²) in [6.07, 6.45) is 2.32. The van der Waals surface area contributed by atoms with Gasteiger partial charge in [-0.05, 0) is 19.4 Å². The lowest BCUT2D eigenvalue weighted by Crippen LogP contribution is -2.47. The summed E-state index contributed by atoms with van der Waals surface area (Å²) in [6.45, 7) is 6.67. The third-order valence-corrected chi connectivity index (χ3v) is 4.86. The van der Waals surface area contributed by atoms with Gasteiger partial charge in [-0.2, -0.15) is 9.97 Å². The monoisotopic (exact) mass is 356 g/mol. The fourth-order valence-corrected chi connectivity index (χ4v) is 3.49. The summed E-state index contributed by atoms with van der Waals surface area (Å²) in [5.74, 6) is 2.80. The number of β-amino-alcohol motifs (C(OH)–C–C–N with tert-alkyl or cyclic N) is 1. The van der Waals surface area contributed by atoms with E-state index in [1.54, 1.807) is 6.20 Å². The van der Waals surface area contributed by atoms with Crippen molar-refractivity contribution < 1.29 is 5.11 Å². The van der Waals surface area contributed by atoms with Crippen LogP contribution in [0.3, 0.4) is 0 Å². The normalized spacial score (nSPS) is 20.7. The topological polar surface area (TPSA) is 108 Å². The van der Waals surface area contributed by atoms with Gasteiger partial charge in [-0.25, -0.2) is 9.97 Å². The summed E-state index contributed by atoms with van der Waals surface area (Å²) in [5, 5.41) is 9.74. The molecule has 1 atom stereocenters. The van der Waals surface area contributed by atoms with Crippen molar-refractivity contribution in [1.82, 2.24) is 19.9 Å². The standard InChI is InChI=1S/C17H24N8O/c1-12-10-15(21-16(18)20-12)23-6-8-24(9-7-23)17-19-4-2-14(22-17)25-5-3-13(26)11-25/h2,4,10,13,26H,3,5-9,11H2,1H3,(H2,18,20,21)/t13-/m1/s1. The molecule has 2 aromatic rings. The highest BCUT2D eigenvalue weighted by Crippen LogP contribution is 2.22. The van der Waals surface area contributed by atoms with Crippen LogP contribution in [0.4, 0.5) is 23.5 Å². The predicted molar refractivity (Wildman–Crippen MR) is 100 cm³/mol. The molecule has 2 aliphatic heterocycles. The molecule has 0 aliphatic carbocycles. The van der Waals surface area contributed by atoms with Crippen molar-refractivity contribution in [3.63, 3.8) is 0 Å². The van der Waals surface area contributed by atoms with E-state index < -0.39 is 0 Å². The van der Waals surface area contributed by atoms with Crippen LogP contribution in [-0.2, 0) is 0 Å². The fourth-order valence-electron chi connectivity index (χ4n) is 3.49. The maximum atomic E-state index is 9.74. The maximum absolute atomic E-state index is 9.74. The third-order valence-electron chi connectivity index (χ3n) is 4.86. The van der Waals surface area contributed by atoms with Crippen LogP contribution in [0.1, 0.15) is 12.1 Å². The number of hydrogen-bond acceptors (Lipinski definition) is 9. The number of rotatable bonds is 3. The van der Waals surface area contributed by atoms with E-state index in [2.05, 4.69) is 29.7 Å². The molecule has 2 saturated heterocycles. The number of nitrogens with zero attached hydrogens (tertiary/aromatic N) is 7. The molecule has 0 spiro atoms. The number of piperazine rings is 1. The van der Waals surface area contributed by atoms with E-state index in [0.717, 1.165) is 62.4 Å². The Morgan fingerprint density at radius 1 is 1.00 bits per heavy atom. The van der Waals surface area contributed by atoms with Gasteiger partial charge in [0.25, 0.3) is 0 Å². The average Bonchev–Trinajstić information content (AvgIpc) is 3.08. The number of aromatic nitrogens is 4. The maximum Gasteiger partial charge on any atom is 0.227 e. The van der Waals surface area contributed by atoms with Gasteiger partial charge < -0.3 is 25.5 Å². The Kier molecular flexibility index (Phi) is 4.46. The Balaban J connectivity index is 1.43. The largest absolute Gasteiger partial charge is 0.391 e. The van der Waals surface area contributed by atoms with Gasteiger partial charge in [-0.3, -0.25) is 0 Å². The van der Waals surface area contributed by atoms with Crippen molar-refractivity contribution in [2.75, 3.05) is 59.7 Å². The van der Waals surface area contributed by atoms with Gasteiger partial charge in [-0.15, -0.1) is 0 Å². The smallest absolute Gasteiger partial charge is 0.227 e. The number of nitrogen functional groups attached to an aromatic ring is 1. The lowest BCUT2D eigenvalue weighted by Gasteiger charge is -2.35. The molecule has 4 heterocycles. The van der Waals surface area contributed by atoms with Crippen LogP contribution in [-0.4, -0.2) is 70.4 Å². The second-order valence-electron chi connectivity index (χ2n) is 6.80. The molecule has 26 heavy (non-hydrogen) atoms. The van der Waals surface area contributed by atoms with Crippen LogP contribution in [0.2, 0.25) is 0 Å². The first kappa shape index (κ1) is 16.8. The third kappa shape index (κ3) is 3.48. The van der Waals surface area contributed by atoms with Crippen LogP contribution in [0.25, 0.3) is 0 Å². The van der Waals surface area contributed by atoms with E-state index in [4.69, 9.17) is 10.7 Å². The van der Waals surface area contributed by atoms with Gasteiger partial charge in [0.2, 0.25) is 11.9 Å². The van der Waals surface area contributed by atoms with Crippen molar-refractivity contribution in [3.8, 4) is 0 Å². The lowest BCUT2D eigenvalue weighted by molar-refractivity contribution is 0.198. The minimum absolute atomic E-state index is 0.263. The molecule has 3 N–H and O–H groups in total. The van der Waals surface area contributed by atoms with Gasteiger partial charge in [-0.1, -0.05) is 0 Å². The average molecular weight is 356 g/mol. The van der Waals surface area contributed by atoms with Crippen molar-refractivity contribution in [2.45, 2.75) is 19.4 Å².